The highest BCUT2D eigenvalue weighted by Gasteiger charge is 2.14. The van der Waals surface area contributed by atoms with E-state index in [9.17, 15) is 0 Å². The molecule has 0 radical (unpaired) electrons. The van der Waals surface area contributed by atoms with E-state index in [4.69, 9.17) is 0 Å². The quantitative estimate of drug-likeness (QED) is 0.443. The van der Waals surface area contributed by atoms with Gasteiger partial charge in [-0.3, -0.25) is 0 Å². The van der Waals surface area contributed by atoms with Crippen molar-refractivity contribution in [2.24, 2.45) is 0 Å². The summed E-state index contributed by atoms with van der Waals surface area (Å²) >= 11 is 0. The zero-order valence-electron chi connectivity index (χ0n) is 4.86. The predicted octanol–water partition coefficient (Wildman–Crippen LogP) is 0.924. The van der Waals surface area contributed by atoms with E-state index in [0.717, 1.165) is 6.54 Å². The zero-order chi connectivity index (χ0) is 5.33. The molecule has 0 fully saturated rings. The average molecular weight is 97.2 g/mol. The first kappa shape index (κ1) is 4.85. The summed E-state index contributed by atoms with van der Waals surface area (Å²) < 4.78 is 0. The molecular weight excluding hydrogens is 86.1 g/mol. The third-order valence-electron chi connectivity index (χ3n) is 1.21. The van der Waals surface area contributed by atoms with E-state index < -0.39 is 0 Å². The second kappa shape index (κ2) is 1.34. The monoisotopic (exact) mass is 97.1 g/mol. The summed E-state index contributed by atoms with van der Waals surface area (Å²) in [6, 6.07) is 0. The van der Waals surface area contributed by atoms with Crippen LogP contribution in [0.3, 0.4) is 0 Å². The van der Waals surface area contributed by atoms with Gasteiger partial charge in [-0.1, -0.05) is 12.2 Å². The fourth-order valence-electron chi connectivity index (χ4n) is 0.734. The summed E-state index contributed by atoms with van der Waals surface area (Å²) in [6.45, 7) is 5.36. The molecule has 0 spiro atoms. The van der Waals surface area contributed by atoms with Gasteiger partial charge < -0.3 is 5.32 Å². The smallest absolute Gasteiger partial charge is 0.0310 e. The maximum Gasteiger partial charge on any atom is 0.0310 e. The maximum absolute atomic E-state index is 3.28. The number of rotatable bonds is 0. The van der Waals surface area contributed by atoms with E-state index >= 15 is 0 Å². The van der Waals surface area contributed by atoms with Crippen LogP contribution in [0.2, 0.25) is 0 Å². The van der Waals surface area contributed by atoms with Crippen LogP contribution in [0.1, 0.15) is 13.8 Å². The molecule has 1 aliphatic rings. The van der Waals surface area contributed by atoms with Crippen molar-refractivity contribution in [2.45, 2.75) is 19.4 Å². The Labute approximate surface area is 44.4 Å². The van der Waals surface area contributed by atoms with Crippen LogP contribution in [-0.4, -0.2) is 12.1 Å². The fourth-order valence-corrected chi connectivity index (χ4v) is 0.734. The summed E-state index contributed by atoms with van der Waals surface area (Å²) in [7, 11) is 0. The topological polar surface area (TPSA) is 12.0 Å². The molecule has 0 amide bonds. The summed E-state index contributed by atoms with van der Waals surface area (Å²) in [5.74, 6) is 0. The van der Waals surface area contributed by atoms with Crippen LogP contribution in [0.5, 0.6) is 0 Å². The van der Waals surface area contributed by atoms with Gasteiger partial charge in [-0.2, -0.15) is 0 Å². The van der Waals surface area contributed by atoms with Crippen molar-refractivity contribution in [3.63, 3.8) is 0 Å². The van der Waals surface area contributed by atoms with Crippen molar-refractivity contribution in [2.75, 3.05) is 6.54 Å². The van der Waals surface area contributed by atoms with Crippen molar-refractivity contribution >= 4 is 0 Å². The van der Waals surface area contributed by atoms with Gasteiger partial charge in [-0.05, 0) is 13.8 Å². The predicted molar refractivity (Wildman–Crippen MR) is 31.2 cm³/mol. The summed E-state index contributed by atoms with van der Waals surface area (Å²) in [5, 5.41) is 3.28. The van der Waals surface area contributed by atoms with Gasteiger partial charge in [-0.25, -0.2) is 0 Å². The van der Waals surface area contributed by atoms with Crippen LogP contribution in [0.25, 0.3) is 0 Å². The van der Waals surface area contributed by atoms with Gasteiger partial charge in [-0.15, -0.1) is 0 Å². The van der Waals surface area contributed by atoms with Gasteiger partial charge in [0.05, 0.1) is 0 Å². The Kier molecular flexibility index (Phi) is 0.927. The molecule has 0 aliphatic carbocycles. The van der Waals surface area contributed by atoms with Crippen LogP contribution in [-0.2, 0) is 0 Å². The molecule has 0 aromatic carbocycles. The Morgan fingerprint density at radius 3 is 2.43 bits per heavy atom. The molecule has 1 heteroatoms. The second-order valence-corrected chi connectivity index (χ2v) is 2.50. The molecule has 1 N–H and O–H groups in total. The van der Waals surface area contributed by atoms with Gasteiger partial charge >= 0.3 is 0 Å². The van der Waals surface area contributed by atoms with Crippen molar-refractivity contribution in [1.29, 1.82) is 0 Å². The van der Waals surface area contributed by atoms with E-state index in [1.807, 2.05) is 0 Å². The summed E-state index contributed by atoms with van der Waals surface area (Å²) in [4.78, 5) is 0. The van der Waals surface area contributed by atoms with Gasteiger partial charge in [0.15, 0.2) is 0 Å². The maximum atomic E-state index is 3.28. The molecule has 0 atom stereocenters. The molecule has 0 aromatic heterocycles. The molecule has 1 rings (SSSR count). The minimum atomic E-state index is 0.264. The number of hydrogen-bond donors (Lipinski definition) is 1. The highest BCUT2D eigenvalue weighted by atomic mass is 15.0. The Balaban J connectivity index is 2.57. The molecule has 0 saturated heterocycles. The SMILES string of the molecule is CC1(C)C=CCN1. The lowest BCUT2D eigenvalue weighted by Crippen LogP contribution is -2.31. The Morgan fingerprint density at radius 1 is 1.57 bits per heavy atom. The fraction of sp³-hybridized carbons (Fsp3) is 0.667. The minimum Gasteiger partial charge on any atom is -0.305 e. The van der Waals surface area contributed by atoms with Gasteiger partial charge in [0.25, 0.3) is 0 Å². The third kappa shape index (κ3) is 1.03. The standard InChI is InChI=1S/C6H11N/c1-6(2)4-3-5-7-6/h3-4,7H,5H2,1-2H3. The van der Waals surface area contributed by atoms with Gasteiger partial charge in [0, 0.05) is 12.1 Å². The highest BCUT2D eigenvalue weighted by molar-refractivity contribution is 5.08. The first-order valence-electron chi connectivity index (χ1n) is 2.63. The van der Waals surface area contributed by atoms with Crippen molar-refractivity contribution < 1.29 is 0 Å². The average Bonchev–Trinajstić information content (AvgIpc) is 1.84. The third-order valence-corrected chi connectivity index (χ3v) is 1.21. The van der Waals surface area contributed by atoms with Gasteiger partial charge in [0.1, 0.15) is 0 Å². The minimum absolute atomic E-state index is 0.264. The summed E-state index contributed by atoms with van der Waals surface area (Å²) in [5.41, 5.74) is 0.264. The van der Waals surface area contributed by atoms with Crippen LogP contribution in [0, 0.1) is 0 Å². The summed E-state index contributed by atoms with van der Waals surface area (Å²) in [6.07, 6.45) is 4.34. The molecule has 1 aliphatic heterocycles. The largest absolute Gasteiger partial charge is 0.305 e. The van der Waals surface area contributed by atoms with E-state index in [2.05, 4.69) is 31.3 Å². The lowest BCUT2D eigenvalue weighted by Gasteiger charge is -2.14. The van der Waals surface area contributed by atoms with E-state index in [-0.39, 0.29) is 5.54 Å². The molecular formula is C6H11N. The number of hydrogen-bond acceptors (Lipinski definition) is 1. The molecule has 0 bridgehead atoms. The molecule has 1 nitrogen and oxygen atoms in total. The molecule has 0 saturated carbocycles. The van der Waals surface area contributed by atoms with E-state index in [1.54, 1.807) is 0 Å². The number of nitrogens with one attached hydrogen (secondary N) is 1. The molecule has 0 aromatic rings. The molecule has 1 heterocycles. The van der Waals surface area contributed by atoms with E-state index in [0.29, 0.717) is 0 Å². The van der Waals surface area contributed by atoms with Crippen LogP contribution >= 0.6 is 0 Å². The lowest BCUT2D eigenvalue weighted by molar-refractivity contribution is 0.533. The zero-order valence-corrected chi connectivity index (χ0v) is 4.86. The van der Waals surface area contributed by atoms with Crippen molar-refractivity contribution in [3.05, 3.63) is 12.2 Å². The lowest BCUT2D eigenvalue weighted by atomic mass is 10.1. The molecule has 7 heavy (non-hydrogen) atoms. The Hall–Kier alpha value is -0.300. The van der Waals surface area contributed by atoms with Crippen LogP contribution < -0.4 is 5.32 Å². The normalized spacial score (nSPS) is 26.0. The Bertz CT molecular complexity index is 92.4. The molecule has 40 valence electrons. The molecule has 0 unspecified atom stereocenters. The van der Waals surface area contributed by atoms with Crippen LogP contribution in [0.4, 0.5) is 0 Å². The van der Waals surface area contributed by atoms with Crippen LogP contribution in [0.15, 0.2) is 12.2 Å². The first-order chi connectivity index (χ1) is 3.21. The highest BCUT2D eigenvalue weighted by Crippen LogP contribution is 2.07. The van der Waals surface area contributed by atoms with E-state index in [1.165, 1.54) is 0 Å². The van der Waals surface area contributed by atoms with Crippen molar-refractivity contribution in [1.82, 2.24) is 5.32 Å². The van der Waals surface area contributed by atoms with Crippen molar-refractivity contribution in [3.8, 4) is 0 Å². The second-order valence-electron chi connectivity index (χ2n) is 2.50. The Morgan fingerprint density at radius 2 is 2.29 bits per heavy atom. The first-order valence-corrected chi connectivity index (χ1v) is 2.63. The van der Waals surface area contributed by atoms with Gasteiger partial charge in [0.2, 0.25) is 0 Å².